The molecular formula is C43H56F3N5O9S. The van der Waals surface area contributed by atoms with Crippen molar-refractivity contribution in [2.24, 2.45) is 17.8 Å². The second-order valence-electron chi connectivity index (χ2n) is 18.3. The lowest BCUT2D eigenvalue weighted by molar-refractivity contribution is -0.157. The highest BCUT2D eigenvalue weighted by atomic mass is 32.2. The molecule has 3 aliphatic heterocycles. The van der Waals surface area contributed by atoms with Crippen LogP contribution in [0.3, 0.4) is 0 Å². The van der Waals surface area contributed by atoms with Crippen LogP contribution in [0.25, 0.3) is 10.8 Å². The summed E-state index contributed by atoms with van der Waals surface area (Å²) in [5, 5.41) is 15.0. The first-order valence-corrected chi connectivity index (χ1v) is 22.7. The molecule has 1 aromatic carbocycles. The second-order valence-corrected chi connectivity index (χ2v) is 20.3. The van der Waals surface area contributed by atoms with Crippen LogP contribution in [0.15, 0.2) is 36.4 Å². The maximum atomic E-state index is 15.5. The number of aryl methyl sites for hydroxylation is 1. The predicted octanol–water partition coefficient (Wildman–Crippen LogP) is 5.92. The molecule has 14 nitrogen and oxygen atoms in total. The number of carboxylic acid groups (broad SMARTS) is 1. The molecule has 18 heteroatoms. The van der Waals surface area contributed by atoms with Crippen molar-refractivity contribution in [3.8, 4) is 11.8 Å². The number of pyridine rings is 1. The van der Waals surface area contributed by atoms with Gasteiger partial charge in [-0.05, 0) is 88.5 Å². The van der Waals surface area contributed by atoms with Crippen LogP contribution in [-0.4, -0.2) is 112 Å². The summed E-state index contributed by atoms with van der Waals surface area (Å²) in [5.41, 5.74) is -3.27. The van der Waals surface area contributed by atoms with Gasteiger partial charge in [-0.15, -0.1) is 0 Å². The van der Waals surface area contributed by atoms with Crippen molar-refractivity contribution in [2.75, 3.05) is 19.8 Å². The van der Waals surface area contributed by atoms with Crippen molar-refractivity contribution >= 4 is 44.6 Å². The highest BCUT2D eigenvalue weighted by Crippen LogP contribution is 2.48. The topological polar surface area (TPSA) is 185 Å². The van der Waals surface area contributed by atoms with Gasteiger partial charge >= 0.3 is 6.09 Å². The first kappa shape index (κ1) is 44.4. The lowest BCUT2D eigenvalue weighted by atomic mass is 9.81. The molecule has 7 rings (SSSR count). The monoisotopic (exact) mass is 875 g/mol. The minimum atomic E-state index is -4.48. The van der Waals surface area contributed by atoms with Crippen LogP contribution in [0.1, 0.15) is 98.0 Å². The van der Waals surface area contributed by atoms with Crippen LogP contribution < -0.4 is 19.5 Å². The van der Waals surface area contributed by atoms with Gasteiger partial charge in [0.2, 0.25) is 33.6 Å². The van der Waals surface area contributed by atoms with Crippen LogP contribution in [0.2, 0.25) is 0 Å². The molecule has 0 bridgehead atoms. The molecule has 334 valence electrons. The number of ether oxygens (including phenoxy) is 2. The summed E-state index contributed by atoms with van der Waals surface area (Å²) in [5.74, 6) is -7.40. The van der Waals surface area contributed by atoms with E-state index in [1.54, 1.807) is 13.0 Å². The van der Waals surface area contributed by atoms with Crippen molar-refractivity contribution < 1.29 is 55.3 Å². The van der Waals surface area contributed by atoms with E-state index in [2.05, 4.69) is 5.32 Å². The summed E-state index contributed by atoms with van der Waals surface area (Å²) in [7, 11) is -4.48. The van der Waals surface area contributed by atoms with Crippen molar-refractivity contribution in [1.29, 1.82) is 0 Å². The molecule has 0 spiro atoms. The Balaban J connectivity index is 1.31. The number of allylic oxidation sites excluding steroid dienone is 1. The van der Waals surface area contributed by atoms with Crippen molar-refractivity contribution in [3.05, 3.63) is 42.0 Å². The normalized spacial score (nSPS) is 29.1. The number of amides is 4. The Bertz CT molecular complexity index is 2210. The van der Waals surface area contributed by atoms with E-state index in [-0.39, 0.29) is 56.9 Å². The average Bonchev–Trinajstić information content (AvgIpc) is 4.11. The molecule has 3 N–H and O–H groups in total. The van der Waals surface area contributed by atoms with Gasteiger partial charge < -0.3 is 24.8 Å². The maximum absolute atomic E-state index is 15.5. The third-order valence-electron chi connectivity index (χ3n) is 13.8. The third-order valence-corrected chi connectivity index (χ3v) is 15.9. The minimum Gasteiger partial charge on any atom is -0.477 e. The summed E-state index contributed by atoms with van der Waals surface area (Å²) < 4.78 is 84.3. The van der Waals surface area contributed by atoms with Gasteiger partial charge in [-0.1, -0.05) is 50.6 Å². The number of benzene rings is 1. The second kappa shape index (κ2) is 16.3. The zero-order chi connectivity index (χ0) is 44.3. The molecule has 0 unspecified atom stereocenters. The molecule has 4 amide bonds. The average molecular weight is 876 g/mol. The quantitative estimate of drug-likeness (QED) is 0.243. The fourth-order valence-corrected chi connectivity index (χ4v) is 10.7. The van der Waals surface area contributed by atoms with Gasteiger partial charge in [-0.3, -0.25) is 24.0 Å². The van der Waals surface area contributed by atoms with E-state index in [0.717, 1.165) is 42.5 Å². The number of nitrogens with zero attached hydrogens (tertiary/aromatic N) is 3. The van der Waals surface area contributed by atoms with E-state index in [0.29, 0.717) is 42.5 Å². The Kier molecular flexibility index (Phi) is 11.8. The van der Waals surface area contributed by atoms with E-state index < -0.39 is 92.3 Å². The molecule has 2 aliphatic carbocycles. The lowest BCUT2D eigenvalue weighted by Crippen LogP contribution is -2.67. The fourth-order valence-electron chi connectivity index (χ4n) is 9.29. The largest absolute Gasteiger partial charge is 0.477 e. The Morgan fingerprint density at radius 1 is 1.15 bits per heavy atom. The van der Waals surface area contributed by atoms with Crippen LogP contribution in [0, 0.1) is 17.8 Å². The molecule has 1 aromatic heterocycles. The van der Waals surface area contributed by atoms with Gasteiger partial charge in [0.25, 0.3) is 11.8 Å². The first-order valence-electron chi connectivity index (χ1n) is 21.2. The van der Waals surface area contributed by atoms with E-state index in [1.165, 1.54) is 0 Å². The Hall–Kier alpha value is -4.61. The number of alkyl halides is 3. The summed E-state index contributed by atoms with van der Waals surface area (Å²) in [6.07, 6.45) is 3.81. The Labute approximate surface area is 354 Å². The van der Waals surface area contributed by atoms with Gasteiger partial charge in [-0.25, -0.2) is 26.4 Å². The van der Waals surface area contributed by atoms with Crippen LogP contribution in [0.4, 0.5) is 18.0 Å². The molecule has 61 heavy (non-hydrogen) atoms. The van der Waals surface area contributed by atoms with E-state index >= 15 is 13.6 Å². The molecule has 0 radical (unpaired) electrons. The molecule has 4 heterocycles. The van der Waals surface area contributed by atoms with Crippen LogP contribution >= 0.6 is 0 Å². The summed E-state index contributed by atoms with van der Waals surface area (Å²) in [4.78, 5) is 63.8. The van der Waals surface area contributed by atoms with Crippen molar-refractivity contribution in [2.45, 2.75) is 139 Å². The number of halogens is 3. The first-order chi connectivity index (χ1) is 28.7. The maximum Gasteiger partial charge on any atom is 0.408 e. The van der Waals surface area contributed by atoms with Gasteiger partial charge in [0.1, 0.15) is 40.7 Å². The third kappa shape index (κ3) is 8.13. The Morgan fingerprint density at radius 2 is 1.85 bits per heavy atom. The van der Waals surface area contributed by atoms with Gasteiger partial charge in [0.05, 0.1) is 13.2 Å². The number of aromatic nitrogens is 1. The Morgan fingerprint density at radius 3 is 2.49 bits per heavy atom. The standard InChI is InChI=1S/C43H56F3N5O9S/c1-6-26-20-25(2)12-7-8-13-27-22-43(27,38(54)49-61(57,58)42(24-44)17-18-42)48-34(52)32-21-28(23-50(32)37(53)33(26)51(39(55)56)40(3,4)41(5,45)46)60-36-31-15-10-9-14-29(31)30-16-11-19-59-35(30)47-36/h8-10,13-15,25-28,32-33H,6-7,11-12,16-24H2,1-5H3,(H,48,52)(H,49,54)(H,55,56)/t25-,26-,27-,28-,32+,33+,43-/m1/s1. The fraction of sp³-hybridized carbons (Fsp3) is 0.651. The smallest absolute Gasteiger partial charge is 0.408 e. The van der Waals surface area contributed by atoms with E-state index in [9.17, 15) is 32.3 Å². The molecule has 2 saturated carbocycles. The zero-order valence-electron chi connectivity index (χ0n) is 35.2. The number of hydrogen-bond acceptors (Lipinski definition) is 9. The summed E-state index contributed by atoms with van der Waals surface area (Å²) >= 11 is 0. The number of sulfonamides is 1. The zero-order valence-corrected chi connectivity index (χ0v) is 36.0. The van der Waals surface area contributed by atoms with Crippen molar-refractivity contribution in [3.63, 3.8) is 0 Å². The SMILES string of the molecule is CC[C@@H]1C[C@H](C)CCC=C[C@@H]2C[C@@]2(C(=O)NS(=O)(=O)C2(CF)CC2)NC(=O)[C@@H]2C[C@@H](Oc3nc4c(c5ccccc35)CCCO4)CN2C(=O)[C@H]1N(C(=O)O)C(C)(C)C(C)(F)F. The molecule has 2 aromatic rings. The molecule has 1 saturated heterocycles. The molecule has 7 atom stereocenters. The van der Waals surface area contributed by atoms with Crippen LogP contribution in [0.5, 0.6) is 11.8 Å². The summed E-state index contributed by atoms with van der Waals surface area (Å²) in [6.45, 7) is 5.38. The number of carbonyl (C=O) groups is 4. The molecule has 3 fully saturated rings. The number of rotatable bonds is 10. The van der Waals surface area contributed by atoms with Crippen LogP contribution in [-0.2, 0) is 30.8 Å². The number of fused-ring (bicyclic) bond motifs is 5. The lowest BCUT2D eigenvalue weighted by Gasteiger charge is -2.47. The van der Waals surface area contributed by atoms with Crippen molar-refractivity contribution in [1.82, 2.24) is 24.8 Å². The van der Waals surface area contributed by atoms with E-state index in [4.69, 9.17) is 14.5 Å². The number of nitrogens with one attached hydrogen (secondary N) is 2. The molecular weight excluding hydrogens is 820 g/mol. The highest BCUT2D eigenvalue weighted by Gasteiger charge is 2.64. The highest BCUT2D eigenvalue weighted by molar-refractivity contribution is 7.91. The predicted molar refractivity (Wildman–Crippen MR) is 218 cm³/mol. The summed E-state index contributed by atoms with van der Waals surface area (Å²) in [6, 6.07) is 4.31. The van der Waals surface area contributed by atoms with Gasteiger partial charge in [0, 0.05) is 30.2 Å². The van der Waals surface area contributed by atoms with E-state index in [1.807, 2.05) is 42.0 Å². The number of carbonyl (C=O) groups excluding carboxylic acids is 3. The molecule has 5 aliphatic rings. The minimum absolute atomic E-state index is 0.00744. The van der Waals surface area contributed by atoms with Gasteiger partial charge in [-0.2, -0.15) is 4.98 Å². The number of hydrogen-bond donors (Lipinski definition) is 3. The van der Waals surface area contributed by atoms with Gasteiger partial charge in [0.15, 0.2) is 0 Å².